The van der Waals surface area contributed by atoms with Crippen molar-refractivity contribution in [2.45, 2.75) is 20.8 Å². The Balaban J connectivity index is 1.64. The topological polar surface area (TPSA) is 46.4 Å². The van der Waals surface area contributed by atoms with Crippen LogP contribution in [0.1, 0.15) is 22.5 Å². The summed E-state index contributed by atoms with van der Waals surface area (Å²) >= 11 is 4.91. The number of aliphatic imine (C=N–C) groups is 1. The van der Waals surface area contributed by atoms with Crippen molar-refractivity contribution in [3.05, 3.63) is 86.5 Å². The third-order valence-electron chi connectivity index (χ3n) is 4.74. The lowest BCUT2D eigenvalue weighted by Gasteiger charge is -2.10. The van der Waals surface area contributed by atoms with Gasteiger partial charge in [-0.05, 0) is 80.6 Å². The summed E-state index contributed by atoms with van der Waals surface area (Å²) in [7, 11) is 0. The maximum atomic E-state index is 12.5. The first-order valence-corrected chi connectivity index (χ1v) is 10.8. The summed E-state index contributed by atoms with van der Waals surface area (Å²) in [5.41, 5.74) is 6.32. The van der Waals surface area contributed by atoms with Crippen LogP contribution in [-0.2, 0) is 4.79 Å². The molecule has 0 aliphatic carbocycles. The second kappa shape index (κ2) is 8.05. The Morgan fingerprint density at radius 1 is 1.07 bits per heavy atom. The van der Waals surface area contributed by atoms with Crippen molar-refractivity contribution in [3.8, 4) is 5.69 Å². The van der Waals surface area contributed by atoms with E-state index in [0.29, 0.717) is 10.1 Å². The minimum Gasteiger partial charge on any atom is -0.318 e. The standard InChI is InChI=1S/C23H20BrN3OS/c1-14-7-9-19(10-8-14)25-23-26-22(28)21(29-23)12-17-11-15(2)27(16(17)3)20-6-4-5-18(24)13-20/h4-13H,1-3H3,(H,25,26,28)/b21-12+. The summed E-state index contributed by atoms with van der Waals surface area (Å²) in [6.07, 6.45) is 1.94. The van der Waals surface area contributed by atoms with E-state index in [4.69, 9.17) is 0 Å². The fraction of sp³-hybridized carbons (Fsp3) is 0.130. The molecule has 0 radical (unpaired) electrons. The average molecular weight is 466 g/mol. The van der Waals surface area contributed by atoms with Gasteiger partial charge in [0, 0.05) is 21.5 Å². The molecular formula is C23H20BrN3OS. The van der Waals surface area contributed by atoms with E-state index in [-0.39, 0.29) is 5.91 Å². The molecule has 0 atom stereocenters. The third kappa shape index (κ3) is 4.23. The van der Waals surface area contributed by atoms with Gasteiger partial charge in [0.1, 0.15) is 0 Å². The van der Waals surface area contributed by atoms with E-state index >= 15 is 0 Å². The van der Waals surface area contributed by atoms with E-state index in [1.165, 1.54) is 17.3 Å². The summed E-state index contributed by atoms with van der Waals surface area (Å²) in [4.78, 5) is 17.6. The number of aromatic nitrogens is 1. The summed E-state index contributed by atoms with van der Waals surface area (Å²) in [5, 5.41) is 3.46. The monoisotopic (exact) mass is 465 g/mol. The van der Waals surface area contributed by atoms with Crippen molar-refractivity contribution < 1.29 is 4.79 Å². The van der Waals surface area contributed by atoms with E-state index < -0.39 is 0 Å². The molecule has 0 unspecified atom stereocenters. The van der Waals surface area contributed by atoms with Gasteiger partial charge in [0.2, 0.25) is 0 Å². The highest BCUT2D eigenvalue weighted by Gasteiger charge is 2.24. The van der Waals surface area contributed by atoms with Crippen LogP contribution in [0.5, 0.6) is 0 Å². The molecule has 0 saturated carbocycles. The van der Waals surface area contributed by atoms with Crippen LogP contribution in [0.2, 0.25) is 0 Å². The number of carbonyl (C=O) groups excluding carboxylic acids is 1. The van der Waals surface area contributed by atoms with Gasteiger partial charge >= 0.3 is 0 Å². The Labute approximate surface area is 182 Å². The van der Waals surface area contributed by atoms with E-state index in [1.807, 2.05) is 49.4 Å². The van der Waals surface area contributed by atoms with Gasteiger partial charge in [0.05, 0.1) is 10.6 Å². The molecule has 1 N–H and O–H groups in total. The van der Waals surface area contributed by atoms with E-state index in [0.717, 1.165) is 32.8 Å². The van der Waals surface area contributed by atoms with Crippen LogP contribution < -0.4 is 5.32 Å². The number of aryl methyl sites for hydroxylation is 2. The minimum absolute atomic E-state index is 0.117. The third-order valence-corrected chi connectivity index (χ3v) is 6.14. The maximum absolute atomic E-state index is 12.5. The van der Waals surface area contributed by atoms with Gasteiger partial charge in [-0.25, -0.2) is 4.99 Å². The number of carbonyl (C=O) groups is 1. The number of halogens is 1. The van der Waals surface area contributed by atoms with Crippen molar-refractivity contribution in [1.29, 1.82) is 0 Å². The molecule has 1 fully saturated rings. The Morgan fingerprint density at radius 3 is 2.55 bits per heavy atom. The Hall–Kier alpha value is -2.57. The summed E-state index contributed by atoms with van der Waals surface area (Å²) < 4.78 is 3.22. The zero-order valence-corrected chi connectivity index (χ0v) is 18.8. The van der Waals surface area contributed by atoms with Crippen LogP contribution in [0.4, 0.5) is 5.69 Å². The van der Waals surface area contributed by atoms with Crippen LogP contribution in [0.3, 0.4) is 0 Å². The largest absolute Gasteiger partial charge is 0.318 e. The fourth-order valence-electron chi connectivity index (χ4n) is 3.30. The molecule has 4 rings (SSSR count). The first-order chi connectivity index (χ1) is 13.9. The predicted octanol–water partition coefficient (Wildman–Crippen LogP) is 6.06. The van der Waals surface area contributed by atoms with Gasteiger partial charge < -0.3 is 9.88 Å². The van der Waals surface area contributed by atoms with Gasteiger partial charge in [-0.15, -0.1) is 0 Å². The van der Waals surface area contributed by atoms with Crippen molar-refractivity contribution >= 4 is 50.5 Å². The summed E-state index contributed by atoms with van der Waals surface area (Å²) in [6, 6.07) is 18.2. The van der Waals surface area contributed by atoms with Crippen LogP contribution in [0, 0.1) is 20.8 Å². The summed E-state index contributed by atoms with van der Waals surface area (Å²) in [5.74, 6) is -0.117. The zero-order valence-electron chi connectivity index (χ0n) is 16.4. The van der Waals surface area contributed by atoms with Gasteiger partial charge in [-0.2, -0.15) is 0 Å². The molecule has 1 saturated heterocycles. The normalized spacial score (nSPS) is 16.6. The van der Waals surface area contributed by atoms with Crippen LogP contribution in [0.25, 0.3) is 11.8 Å². The lowest BCUT2D eigenvalue weighted by molar-refractivity contribution is -0.115. The molecule has 0 spiro atoms. The second-order valence-electron chi connectivity index (χ2n) is 6.96. The van der Waals surface area contributed by atoms with Crippen LogP contribution in [-0.4, -0.2) is 15.6 Å². The number of hydrogen-bond donors (Lipinski definition) is 1. The molecule has 2 aromatic carbocycles. The molecule has 146 valence electrons. The Kier molecular flexibility index (Phi) is 5.48. The van der Waals surface area contributed by atoms with Crippen molar-refractivity contribution in [2.75, 3.05) is 0 Å². The van der Waals surface area contributed by atoms with Crippen molar-refractivity contribution in [3.63, 3.8) is 0 Å². The SMILES string of the molecule is Cc1ccc(N=C2NC(=O)/C(=C\c3cc(C)n(-c4cccc(Br)c4)c3C)S2)cc1. The van der Waals surface area contributed by atoms with Crippen molar-refractivity contribution in [2.24, 2.45) is 4.99 Å². The Bertz CT molecular complexity index is 1160. The fourth-order valence-corrected chi connectivity index (χ4v) is 4.52. The van der Waals surface area contributed by atoms with Gasteiger partial charge in [0.15, 0.2) is 5.17 Å². The van der Waals surface area contributed by atoms with E-state index in [1.54, 1.807) is 0 Å². The molecule has 29 heavy (non-hydrogen) atoms. The number of amides is 1. The number of hydrogen-bond acceptors (Lipinski definition) is 3. The average Bonchev–Trinajstić information content (AvgIpc) is 3.16. The smallest absolute Gasteiger partial charge is 0.264 e. The number of thioether (sulfide) groups is 1. The van der Waals surface area contributed by atoms with Crippen LogP contribution >= 0.6 is 27.7 Å². The molecule has 2 heterocycles. The molecule has 4 nitrogen and oxygen atoms in total. The minimum atomic E-state index is -0.117. The molecular weight excluding hydrogens is 446 g/mol. The number of benzene rings is 2. The zero-order chi connectivity index (χ0) is 20.5. The van der Waals surface area contributed by atoms with Gasteiger partial charge in [-0.3, -0.25) is 4.79 Å². The van der Waals surface area contributed by atoms with Crippen molar-refractivity contribution in [1.82, 2.24) is 9.88 Å². The first kappa shape index (κ1) is 19.7. The highest BCUT2D eigenvalue weighted by atomic mass is 79.9. The second-order valence-corrected chi connectivity index (χ2v) is 8.91. The van der Waals surface area contributed by atoms with Gasteiger partial charge in [-0.1, -0.05) is 39.7 Å². The first-order valence-electron chi connectivity index (χ1n) is 9.22. The molecule has 1 aliphatic heterocycles. The molecule has 3 aromatic rings. The van der Waals surface area contributed by atoms with Gasteiger partial charge in [0.25, 0.3) is 5.91 Å². The van der Waals surface area contributed by atoms with Crippen LogP contribution in [0.15, 0.2) is 69.0 Å². The highest BCUT2D eigenvalue weighted by molar-refractivity contribution is 9.10. The summed E-state index contributed by atoms with van der Waals surface area (Å²) in [6.45, 7) is 6.18. The maximum Gasteiger partial charge on any atom is 0.264 e. The van der Waals surface area contributed by atoms with E-state index in [2.05, 4.69) is 62.9 Å². The number of amidine groups is 1. The predicted molar refractivity (Wildman–Crippen MR) is 125 cm³/mol. The number of rotatable bonds is 3. The lowest BCUT2D eigenvalue weighted by atomic mass is 10.2. The molecule has 6 heteroatoms. The van der Waals surface area contributed by atoms with E-state index in [9.17, 15) is 4.79 Å². The molecule has 1 aliphatic rings. The quantitative estimate of drug-likeness (QED) is 0.478. The highest BCUT2D eigenvalue weighted by Crippen LogP contribution is 2.31. The molecule has 1 amide bonds. The Morgan fingerprint density at radius 2 is 1.83 bits per heavy atom. The number of nitrogens with zero attached hydrogens (tertiary/aromatic N) is 2. The molecule has 0 bridgehead atoms. The number of nitrogens with one attached hydrogen (secondary N) is 1. The molecule has 1 aromatic heterocycles. The lowest BCUT2D eigenvalue weighted by Crippen LogP contribution is -2.19.